The molecule has 0 aliphatic carbocycles. The highest BCUT2D eigenvalue weighted by atomic mass is 16.6. The molecular weight excluding hydrogens is 356 g/mol. The van der Waals surface area contributed by atoms with Gasteiger partial charge in [-0.2, -0.15) is 0 Å². The van der Waals surface area contributed by atoms with E-state index in [4.69, 9.17) is 9.72 Å². The molecule has 2 aromatic heterocycles. The van der Waals surface area contributed by atoms with Crippen LogP contribution in [-0.2, 0) is 4.74 Å². The maximum atomic E-state index is 11.8. The molecule has 4 rings (SSSR count). The lowest BCUT2D eigenvalue weighted by Gasteiger charge is -2.33. The smallest absolute Gasteiger partial charge is 0.409 e. The number of piperidine rings is 1. The molecular formula is C20H28N6O2. The number of amides is 1. The average Bonchev–Trinajstić information content (AvgIpc) is 3.41. The van der Waals surface area contributed by atoms with Gasteiger partial charge in [0.15, 0.2) is 0 Å². The molecule has 1 amide bonds. The van der Waals surface area contributed by atoms with Gasteiger partial charge in [0.25, 0.3) is 0 Å². The molecule has 28 heavy (non-hydrogen) atoms. The number of nitrogens with zero attached hydrogens (tertiary/aromatic N) is 4. The molecule has 1 unspecified atom stereocenters. The zero-order chi connectivity index (χ0) is 19.3. The first-order valence-electron chi connectivity index (χ1n) is 10.1. The van der Waals surface area contributed by atoms with E-state index in [1.165, 1.54) is 0 Å². The molecule has 2 fully saturated rings. The van der Waals surface area contributed by atoms with Gasteiger partial charge >= 0.3 is 6.09 Å². The summed E-state index contributed by atoms with van der Waals surface area (Å²) >= 11 is 0. The summed E-state index contributed by atoms with van der Waals surface area (Å²) in [6, 6.07) is 6.79. The predicted octanol–water partition coefficient (Wildman–Crippen LogP) is 2.26. The van der Waals surface area contributed by atoms with Crippen molar-refractivity contribution in [2.75, 3.05) is 37.7 Å². The summed E-state index contributed by atoms with van der Waals surface area (Å²) in [7, 11) is 0. The van der Waals surface area contributed by atoms with Gasteiger partial charge in [0.2, 0.25) is 5.95 Å². The zero-order valence-corrected chi connectivity index (χ0v) is 16.3. The Hall–Kier alpha value is -2.61. The second kappa shape index (κ2) is 8.60. The summed E-state index contributed by atoms with van der Waals surface area (Å²) in [5.41, 5.74) is 1.92. The third-order valence-corrected chi connectivity index (χ3v) is 5.48. The van der Waals surface area contributed by atoms with Crippen LogP contribution in [0.2, 0.25) is 0 Å². The molecule has 150 valence electrons. The first-order chi connectivity index (χ1) is 13.7. The van der Waals surface area contributed by atoms with E-state index >= 15 is 0 Å². The van der Waals surface area contributed by atoms with E-state index in [9.17, 15) is 4.79 Å². The summed E-state index contributed by atoms with van der Waals surface area (Å²) in [5.74, 6) is 0.786. The minimum absolute atomic E-state index is 0.188. The van der Waals surface area contributed by atoms with Gasteiger partial charge in [-0.25, -0.2) is 14.8 Å². The molecule has 0 spiro atoms. The van der Waals surface area contributed by atoms with E-state index in [0.717, 1.165) is 62.8 Å². The van der Waals surface area contributed by atoms with Gasteiger partial charge in [0.1, 0.15) is 0 Å². The summed E-state index contributed by atoms with van der Waals surface area (Å²) in [6.45, 7) is 5.65. The monoisotopic (exact) mass is 384 g/mol. The quantitative estimate of drug-likeness (QED) is 0.822. The van der Waals surface area contributed by atoms with Crippen molar-refractivity contribution in [3.05, 3.63) is 30.6 Å². The van der Waals surface area contributed by atoms with Crippen LogP contribution < -0.4 is 10.2 Å². The predicted molar refractivity (Wildman–Crippen MR) is 107 cm³/mol. The number of rotatable bonds is 5. The first-order valence-corrected chi connectivity index (χ1v) is 10.1. The second-order valence-electron chi connectivity index (χ2n) is 7.38. The van der Waals surface area contributed by atoms with Crippen LogP contribution in [0.15, 0.2) is 30.6 Å². The van der Waals surface area contributed by atoms with E-state index in [2.05, 4.69) is 20.2 Å². The Morgan fingerprint density at radius 1 is 1.25 bits per heavy atom. The Bertz CT molecular complexity index is 773. The van der Waals surface area contributed by atoms with Crippen molar-refractivity contribution in [2.45, 2.75) is 38.3 Å². The number of hydrogen-bond donors (Lipinski definition) is 2. The van der Waals surface area contributed by atoms with E-state index in [1.807, 2.05) is 42.4 Å². The fourth-order valence-corrected chi connectivity index (χ4v) is 4.00. The number of carbonyl (C=O) groups excluding carboxylic acids is 1. The molecule has 2 saturated heterocycles. The molecule has 2 aliphatic rings. The Kier molecular flexibility index (Phi) is 5.76. The molecule has 2 N–H and O–H groups in total. The summed E-state index contributed by atoms with van der Waals surface area (Å²) in [6.07, 6.45) is 6.55. The van der Waals surface area contributed by atoms with Crippen molar-refractivity contribution in [3.8, 4) is 11.4 Å². The van der Waals surface area contributed by atoms with Crippen LogP contribution >= 0.6 is 0 Å². The number of H-pyrrole nitrogens is 1. The number of nitrogens with one attached hydrogen (secondary N) is 2. The number of aromatic nitrogens is 3. The minimum atomic E-state index is -0.188. The highest BCUT2D eigenvalue weighted by Gasteiger charge is 2.29. The normalized spacial score (nSPS) is 20.5. The van der Waals surface area contributed by atoms with E-state index in [1.54, 1.807) is 0 Å². The number of carbonyl (C=O) groups is 1. The molecule has 2 aromatic rings. The van der Waals surface area contributed by atoms with Crippen LogP contribution in [0.4, 0.5) is 10.7 Å². The van der Waals surface area contributed by atoms with Crippen molar-refractivity contribution in [3.63, 3.8) is 0 Å². The minimum Gasteiger partial charge on any atom is -0.450 e. The van der Waals surface area contributed by atoms with Crippen molar-refractivity contribution in [2.24, 2.45) is 0 Å². The summed E-state index contributed by atoms with van der Waals surface area (Å²) in [5, 5.41) is 3.77. The Morgan fingerprint density at radius 3 is 2.82 bits per heavy atom. The van der Waals surface area contributed by atoms with Crippen LogP contribution in [0.25, 0.3) is 11.4 Å². The Labute approximate surface area is 165 Å². The van der Waals surface area contributed by atoms with Crippen molar-refractivity contribution >= 4 is 12.0 Å². The van der Waals surface area contributed by atoms with Gasteiger partial charge in [-0.05, 0) is 44.4 Å². The maximum absolute atomic E-state index is 11.8. The highest BCUT2D eigenvalue weighted by Crippen LogP contribution is 2.21. The largest absolute Gasteiger partial charge is 0.450 e. The molecule has 8 heteroatoms. The molecule has 0 bridgehead atoms. The van der Waals surface area contributed by atoms with Gasteiger partial charge < -0.3 is 24.8 Å². The molecule has 8 nitrogen and oxygen atoms in total. The van der Waals surface area contributed by atoms with Gasteiger partial charge in [-0.3, -0.25) is 0 Å². The van der Waals surface area contributed by atoms with Crippen LogP contribution in [0, 0.1) is 0 Å². The van der Waals surface area contributed by atoms with Crippen molar-refractivity contribution in [1.29, 1.82) is 0 Å². The standard InChI is InChI=1S/C20H28N6O2/c1-2-28-20(27)25-11-6-15(7-12-25)23-16-8-13-26(14-16)19-22-10-5-18(24-19)17-4-3-9-21-17/h3-5,9-10,15-16,21,23H,2,6-8,11-14H2,1H3. The lowest BCUT2D eigenvalue weighted by molar-refractivity contribution is 0.0944. The summed E-state index contributed by atoms with van der Waals surface area (Å²) in [4.78, 5) is 28.3. The fraction of sp³-hybridized carbons (Fsp3) is 0.550. The number of hydrogen-bond acceptors (Lipinski definition) is 6. The van der Waals surface area contributed by atoms with Gasteiger partial charge in [-0.15, -0.1) is 0 Å². The number of ether oxygens (including phenoxy) is 1. The third kappa shape index (κ3) is 4.27. The molecule has 2 aliphatic heterocycles. The average molecular weight is 384 g/mol. The summed E-state index contributed by atoms with van der Waals surface area (Å²) < 4.78 is 5.09. The van der Waals surface area contributed by atoms with Crippen LogP contribution in [0.1, 0.15) is 26.2 Å². The molecule has 0 saturated carbocycles. The lowest BCUT2D eigenvalue weighted by Crippen LogP contribution is -2.48. The van der Waals surface area contributed by atoms with E-state index in [-0.39, 0.29) is 6.09 Å². The van der Waals surface area contributed by atoms with E-state index in [0.29, 0.717) is 18.7 Å². The van der Waals surface area contributed by atoms with Gasteiger partial charge in [0.05, 0.1) is 18.0 Å². The topological polar surface area (TPSA) is 86.4 Å². The van der Waals surface area contributed by atoms with Crippen LogP contribution in [-0.4, -0.2) is 70.8 Å². The SMILES string of the molecule is CCOC(=O)N1CCC(NC2CCN(c3nccc(-c4ccc[nH]4)n3)C2)CC1. The van der Waals surface area contributed by atoms with Crippen LogP contribution in [0.3, 0.4) is 0 Å². The highest BCUT2D eigenvalue weighted by molar-refractivity contribution is 5.67. The molecule has 0 aromatic carbocycles. The fourth-order valence-electron chi connectivity index (χ4n) is 4.00. The third-order valence-electron chi connectivity index (χ3n) is 5.48. The van der Waals surface area contributed by atoms with Gasteiger partial charge in [0, 0.05) is 50.7 Å². The second-order valence-corrected chi connectivity index (χ2v) is 7.38. The number of likely N-dealkylation sites (tertiary alicyclic amines) is 1. The Balaban J connectivity index is 1.28. The number of anilines is 1. The van der Waals surface area contributed by atoms with E-state index < -0.39 is 0 Å². The van der Waals surface area contributed by atoms with Gasteiger partial charge in [-0.1, -0.05) is 0 Å². The zero-order valence-electron chi connectivity index (χ0n) is 16.3. The lowest BCUT2D eigenvalue weighted by atomic mass is 10.0. The molecule has 4 heterocycles. The maximum Gasteiger partial charge on any atom is 0.409 e. The van der Waals surface area contributed by atoms with Crippen molar-refractivity contribution < 1.29 is 9.53 Å². The molecule has 0 radical (unpaired) electrons. The van der Waals surface area contributed by atoms with Crippen molar-refractivity contribution in [1.82, 2.24) is 25.2 Å². The Morgan fingerprint density at radius 2 is 2.07 bits per heavy atom. The first kappa shape index (κ1) is 18.7. The molecule has 1 atom stereocenters. The van der Waals surface area contributed by atoms with Crippen LogP contribution in [0.5, 0.6) is 0 Å². The number of aromatic amines is 1.